The highest BCUT2D eigenvalue weighted by molar-refractivity contribution is 5.87. The Morgan fingerprint density at radius 2 is 1.73 bits per heavy atom. The van der Waals surface area contributed by atoms with Crippen LogP contribution < -0.4 is 10.1 Å². The highest BCUT2D eigenvalue weighted by Gasteiger charge is 2.26. The predicted molar refractivity (Wildman–Crippen MR) is 115 cm³/mol. The van der Waals surface area contributed by atoms with Crippen LogP contribution in [-0.2, 0) is 16.1 Å². The first kappa shape index (κ1) is 23.4. The summed E-state index contributed by atoms with van der Waals surface area (Å²) in [6.07, 6.45) is 1.60. The fourth-order valence-electron chi connectivity index (χ4n) is 2.91. The van der Waals surface area contributed by atoms with E-state index in [0.717, 1.165) is 17.7 Å². The van der Waals surface area contributed by atoms with Crippen molar-refractivity contribution in [1.29, 1.82) is 0 Å². The smallest absolute Gasteiger partial charge is 0.242 e. The van der Waals surface area contributed by atoms with Crippen molar-refractivity contribution in [2.45, 2.75) is 58.7 Å². The van der Waals surface area contributed by atoms with E-state index in [-0.39, 0.29) is 36.6 Å². The number of nitrogens with one attached hydrogen (secondary N) is 1. The van der Waals surface area contributed by atoms with E-state index in [0.29, 0.717) is 13.0 Å². The molecule has 162 valence electrons. The molecule has 2 aromatic carbocycles. The average molecular weight is 415 g/mol. The van der Waals surface area contributed by atoms with E-state index in [1.165, 1.54) is 12.1 Å². The van der Waals surface area contributed by atoms with Gasteiger partial charge in [0.05, 0.1) is 6.61 Å². The fourth-order valence-corrected chi connectivity index (χ4v) is 2.91. The van der Waals surface area contributed by atoms with Crippen LogP contribution in [0.4, 0.5) is 4.39 Å². The molecule has 5 nitrogen and oxygen atoms in total. The maximum absolute atomic E-state index is 13.2. The maximum atomic E-state index is 13.2. The first-order valence-corrected chi connectivity index (χ1v) is 10.4. The van der Waals surface area contributed by atoms with Gasteiger partial charge in [-0.25, -0.2) is 4.39 Å². The molecular formula is C24H31FN2O3. The summed E-state index contributed by atoms with van der Waals surface area (Å²) in [6, 6.07) is 14.8. The van der Waals surface area contributed by atoms with Crippen molar-refractivity contribution in [2.75, 3.05) is 6.61 Å². The van der Waals surface area contributed by atoms with E-state index >= 15 is 0 Å². The molecule has 0 aliphatic heterocycles. The lowest BCUT2D eigenvalue weighted by Gasteiger charge is -2.29. The van der Waals surface area contributed by atoms with Crippen molar-refractivity contribution in [1.82, 2.24) is 10.2 Å². The number of ether oxygens (including phenoxy) is 1. The minimum Gasteiger partial charge on any atom is -0.494 e. The zero-order valence-electron chi connectivity index (χ0n) is 17.9. The highest BCUT2D eigenvalue weighted by Crippen LogP contribution is 2.14. The second-order valence-corrected chi connectivity index (χ2v) is 7.41. The van der Waals surface area contributed by atoms with Crippen LogP contribution in [0.5, 0.6) is 5.75 Å². The third-order valence-electron chi connectivity index (χ3n) is 4.98. The summed E-state index contributed by atoms with van der Waals surface area (Å²) in [5.41, 5.74) is 0.772. The molecule has 6 heteroatoms. The molecule has 0 aliphatic rings. The summed E-state index contributed by atoms with van der Waals surface area (Å²) >= 11 is 0. The van der Waals surface area contributed by atoms with Crippen molar-refractivity contribution < 1.29 is 18.7 Å². The Hall–Kier alpha value is -2.89. The van der Waals surface area contributed by atoms with E-state index in [4.69, 9.17) is 4.74 Å². The Kier molecular flexibility index (Phi) is 9.32. The summed E-state index contributed by atoms with van der Waals surface area (Å²) < 4.78 is 18.9. The van der Waals surface area contributed by atoms with E-state index in [1.54, 1.807) is 24.0 Å². The van der Waals surface area contributed by atoms with Crippen LogP contribution in [0.1, 0.15) is 45.6 Å². The van der Waals surface area contributed by atoms with Gasteiger partial charge in [0.25, 0.3) is 0 Å². The Balaban J connectivity index is 2.00. The maximum Gasteiger partial charge on any atom is 0.242 e. The third-order valence-corrected chi connectivity index (χ3v) is 4.98. The third kappa shape index (κ3) is 7.50. The molecule has 0 fully saturated rings. The van der Waals surface area contributed by atoms with Crippen LogP contribution in [0.25, 0.3) is 0 Å². The predicted octanol–water partition coefficient (Wildman–Crippen LogP) is 4.32. The molecular weight excluding hydrogens is 383 g/mol. The molecule has 0 saturated carbocycles. The lowest BCUT2D eigenvalue weighted by atomic mass is 10.1. The summed E-state index contributed by atoms with van der Waals surface area (Å²) in [4.78, 5) is 27.1. The largest absolute Gasteiger partial charge is 0.494 e. The summed E-state index contributed by atoms with van der Waals surface area (Å²) in [5.74, 6) is 0.0924. The van der Waals surface area contributed by atoms with Crippen LogP contribution >= 0.6 is 0 Å². The molecule has 0 heterocycles. The quantitative estimate of drug-likeness (QED) is 0.557. The second-order valence-electron chi connectivity index (χ2n) is 7.41. The topological polar surface area (TPSA) is 58.6 Å². The number of carbonyl (C=O) groups is 2. The van der Waals surface area contributed by atoms with Crippen molar-refractivity contribution in [3.8, 4) is 5.75 Å². The van der Waals surface area contributed by atoms with Gasteiger partial charge in [0.2, 0.25) is 11.8 Å². The summed E-state index contributed by atoms with van der Waals surface area (Å²) in [6.45, 7) is 6.29. The minimum atomic E-state index is -0.633. The number of benzene rings is 2. The number of rotatable bonds is 11. The normalized spacial score (nSPS) is 12.7. The van der Waals surface area contributed by atoms with Crippen LogP contribution in [0.3, 0.4) is 0 Å². The number of amides is 2. The molecule has 0 aliphatic carbocycles. The van der Waals surface area contributed by atoms with Crippen LogP contribution in [-0.4, -0.2) is 35.4 Å². The van der Waals surface area contributed by atoms with Gasteiger partial charge in [0.1, 0.15) is 17.6 Å². The molecule has 1 N–H and O–H groups in total. The standard InChI is InChI=1S/C24H31FN2O3/c1-4-18(2)26-24(29)19(3)27(17-20-12-14-21(25)15-13-20)23(28)11-8-16-30-22-9-6-5-7-10-22/h5-7,9-10,12-15,18-19H,4,8,11,16-17H2,1-3H3,(H,26,29)/t18-,19+/m0/s1. The molecule has 0 radical (unpaired) electrons. The fraction of sp³-hybridized carbons (Fsp3) is 0.417. The number of carbonyl (C=O) groups excluding carboxylic acids is 2. The van der Waals surface area contributed by atoms with Gasteiger partial charge < -0.3 is 15.0 Å². The SMILES string of the molecule is CC[C@H](C)NC(=O)[C@@H](C)N(Cc1ccc(F)cc1)C(=O)CCCOc1ccccc1. The molecule has 2 rings (SSSR count). The van der Waals surface area contributed by atoms with Gasteiger partial charge in [0.15, 0.2) is 0 Å². The van der Waals surface area contributed by atoms with Gasteiger partial charge in [0, 0.05) is 19.0 Å². The summed E-state index contributed by atoms with van der Waals surface area (Å²) in [5, 5.41) is 2.93. The number of halogens is 1. The Labute approximate surface area is 178 Å². The molecule has 30 heavy (non-hydrogen) atoms. The number of nitrogens with zero attached hydrogens (tertiary/aromatic N) is 1. The lowest BCUT2D eigenvalue weighted by Crippen LogP contribution is -2.49. The van der Waals surface area contributed by atoms with Crippen molar-refractivity contribution in [2.24, 2.45) is 0 Å². The number of hydrogen-bond donors (Lipinski definition) is 1. The Morgan fingerprint density at radius 3 is 2.37 bits per heavy atom. The van der Waals surface area contributed by atoms with E-state index in [1.807, 2.05) is 44.2 Å². The van der Waals surface area contributed by atoms with Crippen molar-refractivity contribution in [3.05, 3.63) is 66.0 Å². The van der Waals surface area contributed by atoms with E-state index in [2.05, 4.69) is 5.32 Å². The van der Waals surface area contributed by atoms with E-state index in [9.17, 15) is 14.0 Å². The first-order chi connectivity index (χ1) is 14.4. The number of hydrogen-bond acceptors (Lipinski definition) is 3. The zero-order valence-corrected chi connectivity index (χ0v) is 17.9. The van der Waals surface area contributed by atoms with Crippen molar-refractivity contribution >= 4 is 11.8 Å². The molecule has 0 saturated heterocycles. The van der Waals surface area contributed by atoms with Gasteiger partial charge >= 0.3 is 0 Å². The molecule has 0 bridgehead atoms. The minimum absolute atomic E-state index is 0.0296. The van der Waals surface area contributed by atoms with Gasteiger partial charge in [-0.1, -0.05) is 37.3 Å². The second kappa shape index (κ2) is 12.0. The van der Waals surface area contributed by atoms with Gasteiger partial charge in [-0.2, -0.15) is 0 Å². The Morgan fingerprint density at radius 1 is 1.07 bits per heavy atom. The molecule has 2 amide bonds. The Bertz CT molecular complexity index is 796. The monoisotopic (exact) mass is 414 g/mol. The molecule has 0 spiro atoms. The van der Waals surface area contributed by atoms with Gasteiger partial charge in [-0.3, -0.25) is 9.59 Å². The van der Waals surface area contributed by atoms with Gasteiger partial charge in [-0.15, -0.1) is 0 Å². The lowest BCUT2D eigenvalue weighted by molar-refractivity contribution is -0.141. The highest BCUT2D eigenvalue weighted by atomic mass is 19.1. The molecule has 2 aromatic rings. The molecule has 0 unspecified atom stereocenters. The zero-order chi connectivity index (χ0) is 21.9. The molecule has 0 aromatic heterocycles. The summed E-state index contributed by atoms with van der Waals surface area (Å²) in [7, 11) is 0. The van der Waals surface area contributed by atoms with Crippen molar-refractivity contribution in [3.63, 3.8) is 0 Å². The number of para-hydroxylation sites is 1. The van der Waals surface area contributed by atoms with Crippen LogP contribution in [0, 0.1) is 5.82 Å². The average Bonchev–Trinajstić information content (AvgIpc) is 2.76. The van der Waals surface area contributed by atoms with Gasteiger partial charge in [-0.05, 0) is 56.5 Å². The molecule has 2 atom stereocenters. The van der Waals surface area contributed by atoms with E-state index < -0.39 is 6.04 Å². The van der Waals surface area contributed by atoms with Crippen LogP contribution in [0.15, 0.2) is 54.6 Å². The first-order valence-electron chi connectivity index (χ1n) is 10.4. The van der Waals surface area contributed by atoms with Crippen LogP contribution in [0.2, 0.25) is 0 Å².